The molecule has 0 fully saturated rings. The van der Waals surface area contributed by atoms with Gasteiger partial charge in [0.25, 0.3) is 0 Å². The fourth-order valence-electron chi connectivity index (χ4n) is 2.88. The Labute approximate surface area is 125 Å². The molecule has 2 atom stereocenters. The van der Waals surface area contributed by atoms with Crippen LogP contribution in [0.2, 0.25) is 0 Å². The largest absolute Gasteiger partial charge is 0.445 e. The highest BCUT2D eigenvalue weighted by molar-refractivity contribution is 5.20. The van der Waals surface area contributed by atoms with Gasteiger partial charge in [-0.3, -0.25) is 0 Å². The molecule has 2 nitrogen and oxygen atoms in total. The Morgan fingerprint density at radius 3 is 1.95 bits per heavy atom. The van der Waals surface area contributed by atoms with E-state index in [0.717, 1.165) is 31.6 Å². The summed E-state index contributed by atoms with van der Waals surface area (Å²) < 4.78 is 6.28. The molecule has 0 bridgehead atoms. The minimum Gasteiger partial charge on any atom is -0.445 e. The molecule has 0 saturated heterocycles. The van der Waals surface area contributed by atoms with E-state index in [1.807, 2.05) is 0 Å². The molecule has 1 aromatic rings. The lowest BCUT2D eigenvalue weighted by Crippen LogP contribution is -2.03. The zero-order valence-electron chi connectivity index (χ0n) is 14.3. The summed E-state index contributed by atoms with van der Waals surface area (Å²) >= 11 is 0. The van der Waals surface area contributed by atoms with Gasteiger partial charge in [0.1, 0.15) is 5.76 Å². The third-order valence-electron chi connectivity index (χ3n) is 4.61. The molecule has 1 rings (SSSR count). The van der Waals surface area contributed by atoms with Crippen LogP contribution in [0.25, 0.3) is 0 Å². The van der Waals surface area contributed by atoms with Crippen LogP contribution in [0.4, 0.5) is 0 Å². The van der Waals surface area contributed by atoms with Crippen LogP contribution in [0.3, 0.4) is 0 Å². The lowest BCUT2D eigenvalue weighted by molar-refractivity contribution is 0.372. The maximum absolute atomic E-state index is 6.28. The van der Waals surface area contributed by atoms with Gasteiger partial charge in [0.05, 0.1) is 5.69 Å². The smallest absolute Gasteiger partial charge is 0.197 e. The third kappa shape index (κ3) is 3.86. The zero-order chi connectivity index (χ0) is 15.1. The van der Waals surface area contributed by atoms with Crippen LogP contribution in [0, 0.1) is 0 Å². The summed E-state index contributed by atoms with van der Waals surface area (Å²) in [5.41, 5.74) is 1.23. The fourth-order valence-corrected chi connectivity index (χ4v) is 2.88. The highest BCUT2D eigenvalue weighted by Gasteiger charge is 2.25. The van der Waals surface area contributed by atoms with E-state index in [9.17, 15) is 0 Å². The first-order valence-corrected chi connectivity index (χ1v) is 8.63. The summed E-state index contributed by atoms with van der Waals surface area (Å²) in [6.07, 6.45) is 6.91. The number of hydrogen-bond acceptors (Lipinski definition) is 2. The molecule has 0 spiro atoms. The zero-order valence-corrected chi connectivity index (χ0v) is 14.3. The molecular formula is C18H33NO. The average molecular weight is 279 g/mol. The Morgan fingerprint density at radius 1 is 0.900 bits per heavy atom. The molecule has 2 heteroatoms. The molecule has 0 radical (unpaired) electrons. The molecule has 0 aromatic carbocycles. The van der Waals surface area contributed by atoms with Gasteiger partial charge in [-0.2, -0.15) is 0 Å². The first kappa shape index (κ1) is 17.3. The van der Waals surface area contributed by atoms with Crippen molar-refractivity contribution in [2.75, 3.05) is 0 Å². The van der Waals surface area contributed by atoms with Gasteiger partial charge < -0.3 is 4.42 Å². The minimum absolute atomic E-state index is 0.477. The van der Waals surface area contributed by atoms with Gasteiger partial charge in [-0.25, -0.2) is 4.98 Å². The van der Waals surface area contributed by atoms with Crippen molar-refractivity contribution in [2.45, 2.75) is 97.8 Å². The lowest BCUT2D eigenvalue weighted by Gasteiger charge is -2.14. The number of nitrogens with zero attached hydrogens (tertiary/aromatic N) is 1. The normalized spacial score (nSPS) is 14.8. The Morgan fingerprint density at radius 2 is 1.50 bits per heavy atom. The quantitative estimate of drug-likeness (QED) is 0.523. The number of hydrogen-bond donors (Lipinski definition) is 0. The molecule has 2 unspecified atom stereocenters. The molecule has 0 aliphatic heterocycles. The maximum Gasteiger partial charge on any atom is 0.197 e. The van der Waals surface area contributed by atoms with Gasteiger partial charge in [0, 0.05) is 17.8 Å². The van der Waals surface area contributed by atoms with Crippen molar-refractivity contribution in [1.82, 2.24) is 4.98 Å². The molecule has 20 heavy (non-hydrogen) atoms. The standard InChI is InChI=1S/C18H33NO/c1-7-12-15(11-5)17-16(13(6)8-2)19-18(20-17)14(9-3)10-4/h13-15H,7-12H2,1-6H3. The molecular weight excluding hydrogens is 246 g/mol. The van der Waals surface area contributed by atoms with Gasteiger partial charge in [0.15, 0.2) is 5.89 Å². The monoisotopic (exact) mass is 279 g/mol. The Bertz CT molecular complexity index is 379. The first-order chi connectivity index (χ1) is 9.62. The molecule has 0 aliphatic carbocycles. The van der Waals surface area contributed by atoms with Crippen LogP contribution < -0.4 is 0 Å². The van der Waals surface area contributed by atoms with E-state index in [2.05, 4.69) is 41.5 Å². The van der Waals surface area contributed by atoms with Crippen molar-refractivity contribution in [3.05, 3.63) is 17.3 Å². The van der Waals surface area contributed by atoms with Crippen LogP contribution >= 0.6 is 0 Å². The highest BCUT2D eigenvalue weighted by Crippen LogP contribution is 2.36. The van der Waals surface area contributed by atoms with Crippen molar-refractivity contribution in [3.8, 4) is 0 Å². The van der Waals surface area contributed by atoms with Gasteiger partial charge in [-0.15, -0.1) is 0 Å². The van der Waals surface area contributed by atoms with E-state index in [1.165, 1.54) is 24.3 Å². The summed E-state index contributed by atoms with van der Waals surface area (Å²) in [6.45, 7) is 13.5. The second-order valence-electron chi connectivity index (χ2n) is 6.02. The number of rotatable bonds is 9. The molecule has 0 aliphatic rings. The predicted octanol–water partition coefficient (Wildman–Crippen LogP) is 6.39. The third-order valence-corrected chi connectivity index (χ3v) is 4.61. The summed E-state index contributed by atoms with van der Waals surface area (Å²) in [5, 5.41) is 0. The SMILES string of the molecule is CCCC(CC)c1oc(C(CC)CC)nc1C(C)CC. The van der Waals surface area contributed by atoms with Crippen LogP contribution in [0.15, 0.2) is 4.42 Å². The molecule has 0 saturated carbocycles. The van der Waals surface area contributed by atoms with Crippen molar-refractivity contribution in [2.24, 2.45) is 0 Å². The van der Waals surface area contributed by atoms with E-state index in [4.69, 9.17) is 9.40 Å². The second kappa shape index (κ2) is 8.49. The summed E-state index contributed by atoms with van der Waals surface area (Å²) in [7, 11) is 0. The summed E-state index contributed by atoms with van der Waals surface area (Å²) in [5.74, 6) is 3.69. The Hall–Kier alpha value is -0.790. The van der Waals surface area contributed by atoms with E-state index in [-0.39, 0.29) is 0 Å². The highest BCUT2D eigenvalue weighted by atomic mass is 16.4. The van der Waals surface area contributed by atoms with Crippen LogP contribution in [0.1, 0.15) is 115 Å². The van der Waals surface area contributed by atoms with Crippen molar-refractivity contribution < 1.29 is 4.42 Å². The van der Waals surface area contributed by atoms with Crippen LogP contribution in [-0.4, -0.2) is 4.98 Å². The molecule has 0 N–H and O–H groups in total. The van der Waals surface area contributed by atoms with E-state index >= 15 is 0 Å². The molecule has 116 valence electrons. The molecule has 0 amide bonds. The minimum atomic E-state index is 0.477. The van der Waals surface area contributed by atoms with Crippen molar-refractivity contribution >= 4 is 0 Å². The number of oxazole rings is 1. The fraction of sp³-hybridized carbons (Fsp3) is 0.833. The lowest BCUT2D eigenvalue weighted by atomic mass is 9.92. The van der Waals surface area contributed by atoms with E-state index in [0.29, 0.717) is 17.8 Å². The van der Waals surface area contributed by atoms with E-state index in [1.54, 1.807) is 0 Å². The van der Waals surface area contributed by atoms with Gasteiger partial charge in [-0.05, 0) is 32.1 Å². The van der Waals surface area contributed by atoms with Crippen LogP contribution in [-0.2, 0) is 0 Å². The maximum atomic E-state index is 6.28. The van der Waals surface area contributed by atoms with Gasteiger partial charge >= 0.3 is 0 Å². The second-order valence-corrected chi connectivity index (χ2v) is 6.02. The van der Waals surface area contributed by atoms with Gasteiger partial charge in [-0.1, -0.05) is 48.0 Å². The predicted molar refractivity (Wildman–Crippen MR) is 86.5 cm³/mol. The van der Waals surface area contributed by atoms with Crippen LogP contribution in [0.5, 0.6) is 0 Å². The van der Waals surface area contributed by atoms with E-state index < -0.39 is 0 Å². The van der Waals surface area contributed by atoms with Crippen molar-refractivity contribution in [1.29, 1.82) is 0 Å². The summed E-state index contributed by atoms with van der Waals surface area (Å²) in [6, 6.07) is 0. The Balaban J connectivity index is 3.17. The topological polar surface area (TPSA) is 26.0 Å². The number of aromatic nitrogens is 1. The average Bonchev–Trinajstić information content (AvgIpc) is 2.90. The van der Waals surface area contributed by atoms with Gasteiger partial charge in [0.2, 0.25) is 0 Å². The first-order valence-electron chi connectivity index (χ1n) is 8.63. The van der Waals surface area contributed by atoms with Crippen molar-refractivity contribution in [3.63, 3.8) is 0 Å². The molecule has 1 aromatic heterocycles. The summed E-state index contributed by atoms with van der Waals surface area (Å²) in [4.78, 5) is 4.91. The molecule has 1 heterocycles. The Kier molecular flexibility index (Phi) is 7.32.